The molecule has 0 spiro atoms. The molecule has 0 saturated heterocycles. The molecule has 0 unspecified atom stereocenters. The third-order valence-electron chi connectivity index (χ3n) is 3.89. The predicted molar refractivity (Wildman–Crippen MR) is 109 cm³/mol. The molecule has 0 bridgehead atoms. The van der Waals surface area contributed by atoms with Crippen LogP contribution in [0, 0.1) is 0 Å². The second kappa shape index (κ2) is 10.8. The number of esters is 1. The van der Waals surface area contributed by atoms with Gasteiger partial charge in [0, 0.05) is 12.6 Å². The van der Waals surface area contributed by atoms with Crippen molar-refractivity contribution in [3.8, 4) is 11.5 Å². The fourth-order valence-corrected chi connectivity index (χ4v) is 2.53. The van der Waals surface area contributed by atoms with Gasteiger partial charge in [-0.3, -0.25) is 9.59 Å². The Morgan fingerprint density at radius 3 is 2.34 bits per heavy atom. The lowest BCUT2D eigenvalue weighted by atomic mass is 10.2. The van der Waals surface area contributed by atoms with Gasteiger partial charge >= 0.3 is 5.97 Å². The minimum absolute atomic E-state index is 0.0143. The van der Waals surface area contributed by atoms with E-state index in [9.17, 15) is 14.4 Å². The van der Waals surface area contributed by atoms with E-state index in [2.05, 4.69) is 5.32 Å². The molecule has 0 aliphatic carbocycles. The van der Waals surface area contributed by atoms with Crippen LogP contribution in [0.1, 0.15) is 31.1 Å². The molecule has 0 aliphatic rings. The Labute approximate surface area is 170 Å². The number of likely N-dealkylation sites (N-methyl/N-ethyl adjacent to an activating group) is 1. The maximum atomic E-state index is 12.3. The molecule has 154 valence electrons. The van der Waals surface area contributed by atoms with Gasteiger partial charge in [-0.05, 0) is 51.1 Å². The number of ether oxygens (including phenoxy) is 2. The summed E-state index contributed by atoms with van der Waals surface area (Å²) in [6.07, 6.45) is 0. The normalized spacial score (nSPS) is 10.3. The minimum Gasteiger partial charge on any atom is -0.457 e. The molecule has 2 amide bonds. The summed E-state index contributed by atoms with van der Waals surface area (Å²) in [6, 6.07) is 15.7. The van der Waals surface area contributed by atoms with Gasteiger partial charge in [-0.25, -0.2) is 4.79 Å². The highest BCUT2D eigenvalue weighted by Gasteiger charge is 2.18. The van der Waals surface area contributed by atoms with Crippen molar-refractivity contribution in [2.45, 2.75) is 26.8 Å². The molecule has 0 atom stereocenters. The van der Waals surface area contributed by atoms with Crippen molar-refractivity contribution in [3.63, 3.8) is 0 Å². The Hall–Kier alpha value is -3.35. The molecule has 2 rings (SSSR count). The molecule has 7 heteroatoms. The Morgan fingerprint density at radius 1 is 1.00 bits per heavy atom. The summed E-state index contributed by atoms with van der Waals surface area (Å²) >= 11 is 0. The van der Waals surface area contributed by atoms with Gasteiger partial charge in [0.1, 0.15) is 11.5 Å². The molecule has 0 heterocycles. The number of para-hydroxylation sites is 1. The van der Waals surface area contributed by atoms with Gasteiger partial charge in [0.05, 0.1) is 12.1 Å². The highest BCUT2D eigenvalue weighted by Crippen LogP contribution is 2.22. The van der Waals surface area contributed by atoms with Crippen LogP contribution in [0.3, 0.4) is 0 Å². The summed E-state index contributed by atoms with van der Waals surface area (Å²) < 4.78 is 10.8. The van der Waals surface area contributed by atoms with E-state index < -0.39 is 18.5 Å². The fourth-order valence-electron chi connectivity index (χ4n) is 2.53. The van der Waals surface area contributed by atoms with E-state index in [1.54, 1.807) is 43.3 Å². The van der Waals surface area contributed by atoms with Crippen LogP contribution in [0.2, 0.25) is 0 Å². The van der Waals surface area contributed by atoms with Crippen molar-refractivity contribution < 1.29 is 23.9 Å². The van der Waals surface area contributed by atoms with E-state index in [4.69, 9.17) is 9.47 Å². The molecule has 1 N–H and O–H groups in total. The maximum Gasteiger partial charge on any atom is 0.338 e. The maximum absolute atomic E-state index is 12.3. The summed E-state index contributed by atoms with van der Waals surface area (Å²) in [4.78, 5) is 37.8. The monoisotopic (exact) mass is 398 g/mol. The van der Waals surface area contributed by atoms with Gasteiger partial charge in [0.15, 0.2) is 6.61 Å². The third kappa shape index (κ3) is 7.29. The average Bonchev–Trinajstić information content (AvgIpc) is 2.70. The SMILES string of the molecule is CCN(CC(=O)NC(C)C)C(=O)COC(=O)c1cccc(Oc2ccccc2)c1. The van der Waals surface area contributed by atoms with E-state index >= 15 is 0 Å². The van der Waals surface area contributed by atoms with Crippen molar-refractivity contribution in [2.24, 2.45) is 0 Å². The van der Waals surface area contributed by atoms with E-state index in [0.717, 1.165) is 0 Å². The number of nitrogens with zero attached hydrogens (tertiary/aromatic N) is 1. The molecule has 0 aromatic heterocycles. The standard InChI is InChI=1S/C22H26N2O5/c1-4-24(14-20(25)23-16(2)3)21(26)15-28-22(27)17-9-8-12-19(13-17)29-18-10-6-5-7-11-18/h5-13,16H,4,14-15H2,1-3H3,(H,23,25). The molecule has 2 aromatic rings. The van der Waals surface area contributed by atoms with Gasteiger partial charge in [0.2, 0.25) is 5.91 Å². The number of benzene rings is 2. The molecule has 7 nitrogen and oxygen atoms in total. The van der Waals surface area contributed by atoms with Gasteiger partial charge in [-0.1, -0.05) is 24.3 Å². The topological polar surface area (TPSA) is 84.9 Å². The van der Waals surface area contributed by atoms with Crippen molar-refractivity contribution in [2.75, 3.05) is 19.7 Å². The van der Waals surface area contributed by atoms with Crippen LogP contribution in [-0.2, 0) is 14.3 Å². The Bertz CT molecular complexity index is 836. The highest BCUT2D eigenvalue weighted by atomic mass is 16.5. The van der Waals surface area contributed by atoms with Crippen LogP contribution in [0.15, 0.2) is 54.6 Å². The molecular weight excluding hydrogens is 372 g/mol. The van der Waals surface area contributed by atoms with Crippen molar-refractivity contribution in [1.29, 1.82) is 0 Å². The fraction of sp³-hybridized carbons (Fsp3) is 0.318. The molecule has 0 fully saturated rings. The molecule has 0 saturated carbocycles. The average molecular weight is 398 g/mol. The number of amides is 2. The van der Waals surface area contributed by atoms with Gasteiger partial charge in [0.25, 0.3) is 5.91 Å². The van der Waals surface area contributed by atoms with Crippen LogP contribution >= 0.6 is 0 Å². The first-order valence-electron chi connectivity index (χ1n) is 9.46. The number of carbonyl (C=O) groups excluding carboxylic acids is 3. The summed E-state index contributed by atoms with van der Waals surface area (Å²) in [6.45, 7) is 5.26. The summed E-state index contributed by atoms with van der Waals surface area (Å²) in [5.41, 5.74) is 0.270. The van der Waals surface area contributed by atoms with Crippen LogP contribution in [0.25, 0.3) is 0 Å². The lowest BCUT2D eigenvalue weighted by Gasteiger charge is -2.21. The minimum atomic E-state index is -0.639. The zero-order chi connectivity index (χ0) is 21.2. The second-order valence-corrected chi connectivity index (χ2v) is 6.65. The first-order chi connectivity index (χ1) is 13.9. The number of nitrogens with one attached hydrogen (secondary N) is 1. The first-order valence-corrected chi connectivity index (χ1v) is 9.46. The lowest BCUT2D eigenvalue weighted by molar-refractivity contribution is -0.138. The molecule has 0 radical (unpaired) electrons. The van der Waals surface area contributed by atoms with Gasteiger partial charge in [-0.15, -0.1) is 0 Å². The van der Waals surface area contributed by atoms with Crippen LogP contribution in [-0.4, -0.2) is 48.4 Å². The highest BCUT2D eigenvalue weighted by molar-refractivity contribution is 5.92. The molecule has 0 aliphatic heterocycles. The number of hydrogen-bond donors (Lipinski definition) is 1. The zero-order valence-corrected chi connectivity index (χ0v) is 16.9. The largest absolute Gasteiger partial charge is 0.457 e. The van der Waals surface area contributed by atoms with Crippen molar-refractivity contribution >= 4 is 17.8 Å². The zero-order valence-electron chi connectivity index (χ0n) is 16.9. The van der Waals surface area contributed by atoms with Gasteiger partial charge < -0.3 is 19.7 Å². The van der Waals surface area contributed by atoms with E-state index in [1.807, 2.05) is 32.0 Å². The first kappa shape index (κ1) is 21.9. The Morgan fingerprint density at radius 2 is 1.69 bits per heavy atom. The summed E-state index contributed by atoms with van der Waals surface area (Å²) in [5.74, 6) is -0.202. The van der Waals surface area contributed by atoms with Gasteiger partial charge in [-0.2, -0.15) is 0 Å². The lowest BCUT2D eigenvalue weighted by Crippen LogP contribution is -2.44. The van der Waals surface area contributed by atoms with Crippen molar-refractivity contribution in [1.82, 2.24) is 10.2 Å². The summed E-state index contributed by atoms with van der Waals surface area (Å²) in [7, 11) is 0. The third-order valence-corrected chi connectivity index (χ3v) is 3.89. The predicted octanol–water partition coefficient (Wildman–Crippen LogP) is 3.01. The molecule has 29 heavy (non-hydrogen) atoms. The van der Waals surface area contributed by atoms with Crippen molar-refractivity contribution in [3.05, 3.63) is 60.2 Å². The molecular formula is C22H26N2O5. The second-order valence-electron chi connectivity index (χ2n) is 6.65. The Balaban J connectivity index is 1.91. The van der Waals surface area contributed by atoms with E-state index in [0.29, 0.717) is 18.0 Å². The van der Waals surface area contributed by atoms with E-state index in [1.165, 1.54) is 4.90 Å². The van der Waals surface area contributed by atoms with Crippen LogP contribution in [0.4, 0.5) is 0 Å². The summed E-state index contributed by atoms with van der Waals surface area (Å²) in [5, 5.41) is 2.72. The number of hydrogen-bond acceptors (Lipinski definition) is 5. The quantitative estimate of drug-likeness (QED) is 0.657. The van der Waals surface area contributed by atoms with Crippen LogP contribution in [0.5, 0.6) is 11.5 Å². The Kier molecular flexibility index (Phi) is 8.21. The number of rotatable bonds is 9. The molecule has 2 aromatic carbocycles. The number of carbonyl (C=O) groups is 3. The van der Waals surface area contributed by atoms with E-state index in [-0.39, 0.29) is 24.1 Å². The smallest absolute Gasteiger partial charge is 0.338 e. The van der Waals surface area contributed by atoms with Crippen LogP contribution < -0.4 is 10.1 Å².